The Balaban J connectivity index is 1.99. The van der Waals surface area contributed by atoms with E-state index in [0.29, 0.717) is 0 Å². The summed E-state index contributed by atoms with van der Waals surface area (Å²) in [7, 11) is 0. The van der Waals surface area contributed by atoms with E-state index in [1.807, 2.05) is 0 Å². The molecule has 1 aliphatic carbocycles. The lowest BCUT2D eigenvalue weighted by Crippen LogP contribution is -2.19. The number of alkyl halides is 3. The van der Waals surface area contributed by atoms with Gasteiger partial charge in [-0.2, -0.15) is 13.2 Å². The fourth-order valence-corrected chi connectivity index (χ4v) is 3.49. The number of nitrogens with one attached hydrogen (secondary N) is 1. The lowest BCUT2D eigenvalue weighted by molar-refractivity contribution is -0.137. The molecule has 0 spiro atoms. The summed E-state index contributed by atoms with van der Waals surface area (Å²) >= 11 is 0. The van der Waals surface area contributed by atoms with Crippen LogP contribution in [-0.4, -0.2) is 6.54 Å². The zero-order chi connectivity index (χ0) is 16.9. The molecule has 1 N–H and O–H groups in total. The van der Waals surface area contributed by atoms with Gasteiger partial charge in [0.2, 0.25) is 0 Å². The molecule has 1 aliphatic heterocycles. The van der Waals surface area contributed by atoms with E-state index in [2.05, 4.69) is 5.32 Å². The number of benzene rings is 1. The first kappa shape index (κ1) is 15.5. The van der Waals surface area contributed by atoms with Crippen LogP contribution in [0.1, 0.15) is 42.4 Å². The fourth-order valence-electron chi connectivity index (χ4n) is 3.49. The van der Waals surface area contributed by atoms with E-state index in [0.717, 1.165) is 49.9 Å². The van der Waals surface area contributed by atoms with Crippen molar-refractivity contribution in [3.8, 4) is 0 Å². The van der Waals surface area contributed by atoms with Crippen LogP contribution in [0.2, 0.25) is 0 Å². The number of aryl methyl sites for hydroxylation is 1. The van der Waals surface area contributed by atoms with Crippen LogP contribution in [0, 0.1) is 5.92 Å². The van der Waals surface area contributed by atoms with Crippen LogP contribution in [0.3, 0.4) is 0 Å². The maximum Gasteiger partial charge on any atom is 0.417 e. The molecule has 1 saturated carbocycles. The Hall–Kier alpha value is -1.98. The Labute approximate surface area is 136 Å². The van der Waals surface area contributed by atoms with E-state index in [1.165, 1.54) is 0 Å². The molecule has 0 unspecified atom stereocenters. The summed E-state index contributed by atoms with van der Waals surface area (Å²) in [5.74, 6) is 0.175. The summed E-state index contributed by atoms with van der Waals surface area (Å²) in [5, 5.41) is 3.22. The largest absolute Gasteiger partial charge is 0.422 e. The van der Waals surface area contributed by atoms with Gasteiger partial charge in [-0.3, -0.25) is 0 Å². The van der Waals surface area contributed by atoms with Gasteiger partial charge in [0, 0.05) is 23.7 Å². The van der Waals surface area contributed by atoms with Gasteiger partial charge in [0.15, 0.2) is 0 Å². The molecule has 24 heavy (non-hydrogen) atoms. The lowest BCUT2D eigenvalue weighted by Gasteiger charge is -2.16. The minimum absolute atomic E-state index is 0.0139. The van der Waals surface area contributed by atoms with Crippen molar-refractivity contribution >= 4 is 16.7 Å². The first-order chi connectivity index (χ1) is 11.4. The van der Waals surface area contributed by atoms with Crippen molar-refractivity contribution in [2.75, 3.05) is 11.9 Å². The van der Waals surface area contributed by atoms with Gasteiger partial charge in [-0.15, -0.1) is 0 Å². The van der Waals surface area contributed by atoms with E-state index < -0.39 is 17.4 Å². The zero-order valence-electron chi connectivity index (χ0n) is 13.1. The van der Waals surface area contributed by atoms with Crippen LogP contribution in [0.25, 0.3) is 11.0 Å². The highest BCUT2D eigenvalue weighted by molar-refractivity contribution is 5.86. The van der Waals surface area contributed by atoms with Gasteiger partial charge >= 0.3 is 11.8 Å². The Morgan fingerprint density at radius 3 is 2.71 bits per heavy atom. The Morgan fingerprint density at radius 1 is 1.21 bits per heavy atom. The normalized spacial score (nSPS) is 18.1. The summed E-state index contributed by atoms with van der Waals surface area (Å²) in [6.45, 7) is 0.772. The minimum atomic E-state index is -4.56. The molecule has 1 aromatic carbocycles. The fraction of sp³-hybridized carbons (Fsp3) is 0.500. The van der Waals surface area contributed by atoms with Crippen LogP contribution < -0.4 is 10.9 Å². The summed E-state index contributed by atoms with van der Waals surface area (Å²) in [6.07, 6.45) is -0.0295. The number of anilines is 1. The second-order valence-electron chi connectivity index (χ2n) is 6.78. The first-order valence-corrected chi connectivity index (χ1v) is 8.37. The molecule has 0 bridgehead atoms. The van der Waals surface area contributed by atoms with Crippen molar-refractivity contribution in [2.45, 2.75) is 44.7 Å². The average molecular weight is 337 g/mol. The third kappa shape index (κ3) is 2.78. The number of hydrogen-bond acceptors (Lipinski definition) is 3. The van der Waals surface area contributed by atoms with Gasteiger partial charge in [-0.25, -0.2) is 4.79 Å². The van der Waals surface area contributed by atoms with Crippen molar-refractivity contribution in [1.29, 1.82) is 0 Å². The number of fused-ring (bicyclic) bond motifs is 2. The molecular formula is C18H18F3NO2. The Kier molecular flexibility index (Phi) is 3.58. The van der Waals surface area contributed by atoms with E-state index >= 15 is 0 Å². The molecule has 128 valence electrons. The average Bonchev–Trinajstić information content (AvgIpc) is 3.31. The molecule has 1 fully saturated rings. The Morgan fingerprint density at radius 2 is 2.00 bits per heavy atom. The summed E-state index contributed by atoms with van der Waals surface area (Å²) in [5.41, 5.74) is -0.218. The molecule has 2 aliphatic rings. The lowest BCUT2D eigenvalue weighted by atomic mass is 9.97. The predicted molar refractivity (Wildman–Crippen MR) is 85.3 cm³/mol. The summed E-state index contributed by atoms with van der Waals surface area (Å²) in [6, 6.07) is 3.11. The maximum absolute atomic E-state index is 13.7. The molecule has 0 atom stereocenters. The van der Waals surface area contributed by atoms with Gasteiger partial charge in [0.25, 0.3) is 0 Å². The molecule has 4 rings (SSSR count). The second kappa shape index (κ2) is 5.53. The third-order valence-electron chi connectivity index (χ3n) is 4.89. The van der Waals surface area contributed by atoms with Crippen LogP contribution >= 0.6 is 0 Å². The van der Waals surface area contributed by atoms with Crippen LogP contribution in [0.15, 0.2) is 21.3 Å². The molecule has 0 amide bonds. The van der Waals surface area contributed by atoms with Crippen molar-refractivity contribution in [2.24, 2.45) is 5.92 Å². The number of rotatable bonds is 2. The maximum atomic E-state index is 13.7. The van der Waals surface area contributed by atoms with Crippen LogP contribution in [-0.2, 0) is 19.0 Å². The summed E-state index contributed by atoms with van der Waals surface area (Å²) < 4.78 is 46.5. The second-order valence-corrected chi connectivity index (χ2v) is 6.78. The number of hydrogen-bond donors (Lipinski definition) is 1. The highest BCUT2D eigenvalue weighted by Crippen LogP contribution is 2.41. The van der Waals surface area contributed by atoms with Crippen molar-refractivity contribution in [1.82, 2.24) is 0 Å². The Bertz CT molecular complexity index is 850. The molecule has 1 aromatic heterocycles. The molecular weight excluding hydrogens is 319 g/mol. The van der Waals surface area contributed by atoms with E-state index in [4.69, 9.17) is 4.42 Å². The third-order valence-corrected chi connectivity index (χ3v) is 4.89. The molecule has 3 nitrogen and oxygen atoms in total. The monoisotopic (exact) mass is 337 g/mol. The smallest absolute Gasteiger partial charge is 0.417 e. The molecule has 0 saturated heterocycles. The standard InChI is InChI=1S/C18H18F3NO2/c19-18(20,21)16-12-8-11-3-1-2-6-22-14(11)9-15(12)24-17(23)13(16)7-10-4-5-10/h8-10,22H,1-7H2. The van der Waals surface area contributed by atoms with Crippen molar-refractivity contribution < 1.29 is 17.6 Å². The van der Waals surface area contributed by atoms with Gasteiger partial charge < -0.3 is 9.73 Å². The zero-order valence-corrected chi connectivity index (χ0v) is 13.1. The van der Waals surface area contributed by atoms with E-state index in [-0.39, 0.29) is 28.9 Å². The quantitative estimate of drug-likeness (QED) is 0.820. The van der Waals surface area contributed by atoms with Crippen molar-refractivity contribution in [3.63, 3.8) is 0 Å². The SMILES string of the molecule is O=c1oc2cc3c(cc2c(C(F)(F)F)c1CC1CC1)CCCCN3. The van der Waals surface area contributed by atoms with Crippen LogP contribution in [0.4, 0.5) is 18.9 Å². The highest BCUT2D eigenvalue weighted by atomic mass is 19.4. The molecule has 6 heteroatoms. The topological polar surface area (TPSA) is 42.2 Å². The molecule has 0 radical (unpaired) electrons. The predicted octanol–water partition coefficient (Wildman–Crippen LogP) is 4.51. The van der Waals surface area contributed by atoms with Gasteiger partial charge in [0.1, 0.15) is 5.58 Å². The molecule has 2 heterocycles. The number of halogens is 3. The highest BCUT2D eigenvalue weighted by Gasteiger charge is 2.39. The van der Waals surface area contributed by atoms with Crippen molar-refractivity contribution in [3.05, 3.63) is 39.2 Å². The van der Waals surface area contributed by atoms with Crippen LogP contribution in [0.5, 0.6) is 0 Å². The van der Waals surface area contributed by atoms with Gasteiger partial charge in [-0.1, -0.05) is 0 Å². The van der Waals surface area contributed by atoms with Gasteiger partial charge in [0.05, 0.1) is 11.1 Å². The van der Waals surface area contributed by atoms with Gasteiger partial charge in [-0.05, 0) is 56.1 Å². The van der Waals surface area contributed by atoms with E-state index in [1.54, 1.807) is 12.1 Å². The van der Waals surface area contributed by atoms with E-state index in [9.17, 15) is 18.0 Å². The molecule has 2 aromatic rings. The minimum Gasteiger partial charge on any atom is -0.422 e. The first-order valence-electron chi connectivity index (χ1n) is 8.37. The summed E-state index contributed by atoms with van der Waals surface area (Å²) in [4.78, 5) is 12.2.